The molecule has 6 heteroatoms. The minimum Gasteiger partial charge on any atom is -0.355 e. The molecule has 1 amide bonds. The van der Waals surface area contributed by atoms with Crippen LogP contribution in [0.1, 0.15) is 37.6 Å². The fourth-order valence-electron chi connectivity index (χ4n) is 5.51. The lowest BCUT2D eigenvalue weighted by Gasteiger charge is -2.37. The molecular weight excluding hydrogens is 398 g/mol. The van der Waals surface area contributed by atoms with E-state index in [2.05, 4.69) is 38.8 Å². The molecule has 3 aromatic rings. The van der Waals surface area contributed by atoms with Crippen LogP contribution >= 0.6 is 0 Å². The van der Waals surface area contributed by atoms with E-state index in [0.717, 1.165) is 62.1 Å². The summed E-state index contributed by atoms with van der Waals surface area (Å²) in [6, 6.07) is 12.8. The number of benzene rings is 1. The Kier molecular flexibility index (Phi) is 5.72. The number of carbonyl (C=O) groups excluding carboxylic acids is 1. The number of hydrogen-bond donors (Lipinski definition) is 1. The normalized spacial score (nSPS) is 21.0. The van der Waals surface area contributed by atoms with Gasteiger partial charge in [-0.2, -0.15) is 0 Å². The van der Waals surface area contributed by atoms with Gasteiger partial charge in [-0.15, -0.1) is 0 Å². The molecule has 1 saturated carbocycles. The van der Waals surface area contributed by atoms with E-state index in [1.807, 2.05) is 43.7 Å². The number of carbonyl (C=O) groups is 1. The van der Waals surface area contributed by atoms with Crippen LogP contribution in [0.2, 0.25) is 0 Å². The van der Waals surface area contributed by atoms with E-state index in [9.17, 15) is 4.79 Å². The Bertz CT molecular complexity index is 1080. The minimum absolute atomic E-state index is 0.193. The van der Waals surface area contributed by atoms with Gasteiger partial charge in [-0.25, -0.2) is 4.98 Å². The van der Waals surface area contributed by atoms with Gasteiger partial charge in [-0.3, -0.25) is 9.78 Å². The maximum Gasteiger partial charge on any atom is 0.223 e. The fraction of sp³-hybridized carbons (Fsp3) is 0.500. The molecule has 2 fully saturated rings. The predicted molar refractivity (Wildman–Crippen MR) is 126 cm³/mol. The lowest BCUT2D eigenvalue weighted by atomic mass is 9.89. The summed E-state index contributed by atoms with van der Waals surface area (Å²) in [5.41, 5.74) is 3.69. The molecule has 0 unspecified atom stereocenters. The summed E-state index contributed by atoms with van der Waals surface area (Å²) in [5, 5.41) is 3.19. The van der Waals surface area contributed by atoms with Gasteiger partial charge in [0.1, 0.15) is 5.82 Å². The molecule has 3 heterocycles. The second-order valence-electron chi connectivity index (χ2n) is 9.69. The molecule has 1 spiro atoms. The zero-order valence-corrected chi connectivity index (χ0v) is 19.1. The quantitative estimate of drug-likeness (QED) is 0.623. The second kappa shape index (κ2) is 8.66. The Hall–Kier alpha value is -2.73. The Morgan fingerprint density at radius 3 is 2.78 bits per heavy atom. The van der Waals surface area contributed by atoms with Crippen LogP contribution in [0, 0.1) is 11.3 Å². The summed E-state index contributed by atoms with van der Waals surface area (Å²) in [7, 11) is 2.05. The van der Waals surface area contributed by atoms with Crippen molar-refractivity contribution in [3.63, 3.8) is 0 Å². The van der Waals surface area contributed by atoms with E-state index in [1.54, 1.807) is 0 Å². The molecule has 1 N–H and O–H groups in total. The molecule has 0 radical (unpaired) electrons. The zero-order valence-electron chi connectivity index (χ0n) is 19.1. The number of aromatic nitrogens is 3. The second-order valence-corrected chi connectivity index (χ2v) is 9.69. The van der Waals surface area contributed by atoms with Crippen molar-refractivity contribution < 1.29 is 4.79 Å². The van der Waals surface area contributed by atoms with Gasteiger partial charge < -0.3 is 14.8 Å². The summed E-state index contributed by atoms with van der Waals surface area (Å²) in [4.78, 5) is 24.4. The Morgan fingerprint density at radius 2 is 2.03 bits per heavy atom. The molecule has 2 aromatic heterocycles. The lowest BCUT2D eigenvalue weighted by molar-refractivity contribution is -0.123. The molecule has 1 aliphatic carbocycles. The highest BCUT2D eigenvalue weighted by molar-refractivity contribution is 5.82. The Morgan fingerprint density at radius 1 is 1.22 bits per heavy atom. The summed E-state index contributed by atoms with van der Waals surface area (Å²) in [6.45, 7) is 5.14. The van der Waals surface area contributed by atoms with Crippen LogP contribution in [-0.4, -0.2) is 51.0 Å². The van der Waals surface area contributed by atoms with Crippen LogP contribution in [-0.2, 0) is 24.7 Å². The summed E-state index contributed by atoms with van der Waals surface area (Å²) in [6.07, 6.45) is 8.91. The van der Waals surface area contributed by atoms with E-state index in [1.165, 1.54) is 5.56 Å². The number of pyridine rings is 1. The van der Waals surface area contributed by atoms with E-state index in [0.29, 0.717) is 12.6 Å². The van der Waals surface area contributed by atoms with Gasteiger partial charge in [0, 0.05) is 44.4 Å². The van der Waals surface area contributed by atoms with Crippen molar-refractivity contribution in [2.24, 2.45) is 18.4 Å². The van der Waals surface area contributed by atoms with Crippen molar-refractivity contribution in [2.45, 2.75) is 45.1 Å². The zero-order chi connectivity index (χ0) is 22.1. The molecule has 1 aliphatic heterocycles. The molecule has 1 saturated heterocycles. The lowest BCUT2D eigenvalue weighted by Crippen LogP contribution is -2.42. The maximum absolute atomic E-state index is 12.8. The molecule has 0 bridgehead atoms. The molecular formula is C26H33N5O. The van der Waals surface area contributed by atoms with Gasteiger partial charge in [-0.1, -0.05) is 18.2 Å². The summed E-state index contributed by atoms with van der Waals surface area (Å²) < 4.78 is 2.13. The number of imidazole rings is 1. The van der Waals surface area contributed by atoms with Crippen molar-refractivity contribution in [3.8, 4) is 0 Å². The van der Waals surface area contributed by atoms with E-state index < -0.39 is 0 Å². The smallest absolute Gasteiger partial charge is 0.223 e. The van der Waals surface area contributed by atoms with Gasteiger partial charge in [0.05, 0.1) is 11.0 Å². The van der Waals surface area contributed by atoms with E-state index in [-0.39, 0.29) is 17.2 Å². The van der Waals surface area contributed by atoms with E-state index >= 15 is 0 Å². The largest absolute Gasteiger partial charge is 0.355 e. The number of fused-ring (bicyclic) bond motifs is 1. The number of nitrogens with one attached hydrogen (secondary N) is 1. The highest BCUT2D eigenvalue weighted by atomic mass is 16.2. The monoisotopic (exact) mass is 431 g/mol. The maximum atomic E-state index is 12.8. The highest BCUT2D eigenvalue weighted by Gasteiger charge is 2.58. The molecule has 5 rings (SSSR count). The number of nitrogens with zero attached hydrogens (tertiary/aromatic N) is 4. The topological polar surface area (TPSA) is 63.1 Å². The third kappa shape index (κ3) is 4.16. The first-order chi connectivity index (χ1) is 15.6. The van der Waals surface area contributed by atoms with Gasteiger partial charge >= 0.3 is 0 Å². The van der Waals surface area contributed by atoms with Crippen molar-refractivity contribution in [1.82, 2.24) is 24.8 Å². The van der Waals surface area contributed by atoms with Crippen molar-refractivity contribution in [1.29, 1.82) is 0 Å². The first-order valence-corrected chi connectivity index (χ1v) is 11.9. The van der Waals surface area contributed by atoms with Crippen LogP contribution in [0.4, 0.5) is 0 Å². The average Bonchev–Trinajstić information content (AvgIpc) is 3.42. The van der Waals surface area contributed by atoms with Crippen LogP contribution in [0.5, 0.6) is 0 Å². The highest BCUT2D eigenvalue weighted by Crippen LogP contribution is 2.59. The number of rotatable bonds is 7. The number of aryl methyl sites for hydroxylation is 1. The predicted octanol–water partition coefficient (Wildman–Crippen LogP) is 3.36. The van der Waals surface area contributed by atoms with Crippen LogP contribution < -0.4 is 5.32 Å². The number of hydrogen-bond acceptors (Lipinski definition) is 4. The summed E-state index contributed by atoms with van der Waals surface area (Å²) >= 11 is 0. The molecule has 168 valence electrons. The van der Waals surface area contributed by atoms with Gasteiger partial charge in [0.25, 0.3) is 0 Å². The third-order valence-electron chi connectivity index (χ3n) is 7.70. The Labute approximate surface area is 190 Å². The van der Waals surface area contributed by atoms with Crippen molar-refractivity contribution in [2.75, 3.05) is 19.6 Å². The number of piperidine rings is 1. The first-order valence-electron chi connectivity index (χ1n) is 11.9. The molecule has 1 aromatic carbocycles. The SMILES string of the molecule is C[C@@H](Cc1cccnc1)N1CCC2(CC1)C[C@H]2C(=O)NCCc1nc2ccccc2n1C. The van der Waals surface area contributed by atoms with Crippen LogP contribution in [0.25, 0.3) is 11.0 Å². The molecule has 2 aliphatic rings. The molecule has 6 nitrogen and oxygen atoms in total. The Balaban J connectivity index is 1.08. The van der Waals surface area contributed by atoms with Gasteiger partial charge in [0.2, 0.25) is 5.91 Å². The molecule has 32 heavy (non-hydrogen) atoms. The van der Waals surface area contributed by atoms with Gasteiger partial charge in [0.15, 0.2) is 0 Å². The average molecular weight is 432 g/mol. The number of para-hydroxylation sites is 2. The fourth-order valence-corrected chi connectivity index (χ4v) is 5.51. The summed E-state index contributed by atoms with van der Waals surface area (Å²) in [5.74, 6) is 1.45. The van der Waals surface area contributed by atoms with E-state index in [4.69, 9.17) is 4.98 Å². The van der Waals surface area contributed by atoms with Crippen LogP contribution in [0.15, 0.2) is 48.8 Å². The number of amides is 1. The van der Waals surface area contributed by atoms with Gasteiger partial charge in [-0.05, 0) is 74.9 Å². The van der Waals surface area contributed by atoms with Crippen LogP contribution in [0.3, 0.4) is 0 Å². The number of likely N-dealkylation sites (tertiary alicyclic amines) is 1. The van der Waals surface area contributed by atoms with Crippen molar-refractivity contribution in [3.05, 3.63) is 60.2 Å². The third-order valence-corrected chi connectivity index (χ3v) is 7.70. The first kappa shape index (κ1) is 21.1. The minimum atomic E-state index is 0.193. The standard InChI is InChI=1S/C26H33N5O/c1-19(16-20-6-5-12-27-18-20)31-14-10-26(11-15-31)17-21(26)25(32)28-13-9-24-29-22-7-3-4-8-23(22)30(24)2/h3-8,12,18-19,21H,9-11,13-17H2,1-2H3,(H,28,32)/t19-,21-/m0/s1. The molecule has 2 atom stereocenters. The van der Waals surface area contributed by atoms with Crippen molar-refractivity contribution >= 4 is 16.9 Å².